The first kappa shape index (κ1) is 11.4. The van der Waals surface area contributed by atoms with Gasteiger partial charge in [-0.2, -0.15) is 0 Å². The second kappa shape index (κ2) is 4.85. The van der Waals surface area contributed by atoms with Crippen LogP contribution in [0.4, 0.5) is 10.1 Å². The molecule has 16 heavy (non-hydrogen) atoms. The minimum atomic E-state index is -0.338. The van der Waals surface area contributed by atoms with Crippen LogP contribution in [0.1, 0.15) is 5.56 Å². The van der Waals surface area contributed by atoms with Crippen LogP contribution in [0, 0.1) is 5.82 Å². The average Bonchev–Trinajstić information content (AvgIpc) is 2.27. The Kier molecular flexibility index (Phi) is 3.46. The molecule has 2 N–H and O–H groups in total. The van der Waals surface area contributed by atoms with Crippen molar-refractivity contribution in [1.29, 1.82) is 0 Å². The van der Waals surface area contributed by atoms with Gasteiger partial charge in [0.2, 0.25) is 0 Å². The second-order valence-corrected chi connectivity index (χ2v) is 4.17. The molecular weight excluding hydrogens is 204 g/mol. The van der Waals surface area contributed by atoms with Crippen LogP contribution in [0.2, 0.25) is 0 Å². The van der Waals surface area contributed by atoms with E-state index in [1.165, 1.54) is 6.07 Å². The van der Waals surface area contributed by atoms with E-state index in [0.29, 0.717) is 0 Å². The predicted octanol–water partition coefficient (Wildman–Crippen LogP) is 0.609. The van der Waals surface area contributed by atoms with Crippen LogP contribution >= 0.6 is 0 Å². The highest BCUT2D eigenvalue weighted by atomic mass is 19.1. The second-order valence-electron chi connectivity index (χ2n) is 4.17. The molecule has 1 saturated heterocycles. The van der Waals surface area contributed by atoms with Crippen LogP contribution in [-0.2, 0) is 6.54 Å². The molecule has 0 aromatic heterocycles. The zero-order chi connectivity index (χ0) is 11.5. The minimum Gasteiger partial charge on any atom is -0.396 e. The molecule has 0 spiro atoms. The van der Waals surface area contributed by atoms with Gasteiger partial charge in [-0.1, -0.05) is 6.07 Å². The molecule has 5 heteroatoms. The average molecular weight is 219 g/mol. The van der Waals surface area contributed by atoms with Gasteiger partial charge in [-0.05, 0) is 30.8 Å². The Bertz CT molecular complexity index is 364. The van der Waals surface area contributed by atoms with Crippen molar-refractivity contribution < 1.29 is 4.39 Å². The Morgan fingerprint density at radius 2 is 1.94 bits per heavy atom. The fourth-order valence-corrected chi connectivity index (χ4v) is 1.85. The number of hydrogen-bond acceptors (Lipinski definition) is 3. The summed E-state index contributed by atoms with van der Waals surface area (Å²) in [5.74, 6) is -0.338. The molecule has 2 radical (unpaired) electrons. The van der Waals surface area contributed by atoms with Crippen molar-refractivity contribution in [2.45, 2.75) is 6.54 Å². The van der Waals surface area contributed by atoms with Gasteiger partial charge in [-0.25, -0.2) is 4.39 Å². The van der Waals surface area contributed by atoms with E-state index in [1.807, 2.05) is 6.07 Å². The molecule has 0 unspecified atom stereocenters. The molecule has 3 nitrogen and oxygen atoms in total. The van der Waals surface area contributed by atoms with Crippen molar-refractivity contribution in [3.8, 4) is 0 Å². The van der Waals surface area contributed by atoms with E-state index in [-0.39, 0.29) is 11.5 Å². The number of nitrogen functional groups attached to an aromatic ring is 1. The highest BCUT2D eigenvalue weighted by Gasteiger charge is 2.13. The van der Waals surface area contributed by atoms with Crippen molar-refractivity contribution in [3.05, 3.63) is 29.6 Å². The third-order valence-corrected chi connectivity index (χ3v) is 2.88. The number of nitrogens with zero attached hydrogens (tertiary/aromatic N) is 2. The van der Waals surface area contributed by atoms with Gasteiger partial charge in [-0.3, -0.25) is 4.90 Å². The third-order valence-electron chi connectivity index (χ3n) is 2.88. The molecule has 0 saturated carbocycles. The SMILES string of the molecule is [B]N1CCN(Cc2ccc(N)c(F)c2)CC1. The number of rotatable bonds is 2. The molecule has 1 aromatic carbocycles. The van der Waals surface area contributed by atoms with Crippen LogP contribution in [-0.4, -0.2) is 43.9 Å². The molecular formula is C11H15BFN3. The molecule has 1 aliphatic rings. The van der Waals surface area contributed by atoms with Gasteiger partial charge in [-0.15, -0.1) is 0 Å². The highest BCUT2D eigenvalue weighted by Crippen LogP contribution is 2.14. The standard InChI is InChI=1S/C11H15BFN3/c12-16-5-3-15(4-6-16)8-9-1-2-11(14)10(13)7-9/h1-2,7H,3-6,8,14H2. The van der Waals surface area contributed by atoms with Crippen molar-refractivity contribution in [2.24, 2.45) is 0 Å². The first-order valence-electron chi connectivity index (χ1n) is 5.41. The van der Waals surface area contributed by atoms with E-state index in [0.717, 1.165) is 38.3 Å². The van der Waals surface area contributed by atoms with Crippen LogP contribution in [0.15, 0.2) is 18.2 Å². The van der Waals surface area contributed by atoms with Crippen molar-refractivity contribution >= 4 is 13.7 Å². The van der Waals surface area contributed by atoms with Gasteiger partial charge in [0, 0.05) is 19.6 Å². The van der Waals surface area contributed by atoms with E-state index >= 15 is 0 Å². The summed E-state index contributed by atoms with van der Waals surface area (Å²) in [5.41, 5.74) is 6.59. The van der Waals surface area contributed by atoms with E-state index in [9.17, 15) is 4.39 Å². The fourth-order valence-electron chi connectivity index (χ4n) is 1.85. The lowest BCUT2D eigenvalue weighted by Gasteiger charge is -2.32. The van der Waals surface area contributed by atoms with Crippen LogP contribution < -0.4 is 5.73 Å². The number of nitrogens with two attached hydrogens (primary N) is 1. The van der Waals surface area contributed by atoms with Gasteiger partial charge in [0.15, 0.2) is 7.98 Å². The van der Waals surface area contributed by atoms with Crippen molar-refractivity contribution in [1.82, 2.24) is 9.71 Å². The molecule has 84 valence electrons. The van der Waals surface area contributed by atoms with Gasteiger partial charge in [0.05, 0.1) is 5.69 Å². The van der Waals surface area contributed by atoms with Crippen molar-refractivity contribution in [3.63, 3.8) is 0 Å². The molecule has 0 amide bonds. The van der Waals surface area contributed by atoms with Crippen LogP contribution in [0.25, 0.3) is 0 Å². The third kappa shape index (κ3) is 2.74. The van der Waals surface area contributed by atoms with Crippen LogP contribution in [0.5, 0.6) is 0 Å². The quantitative estimate of drug-likeness (QED) is 0.584. The predicted molar refractivity (Wildman–Crippen MR) is 63.4 cm³/mol. The number of benzene rings is 1. The largest absolute Gasteiger partial charge is 0.396 e. The van der Waals surface area contributed by atoms with E-state index in [4.69, 9.17) is 13.7 Å². The lowest BCUT2D eigenvalue weighted by molar-refractivity contribution is 0.184. The monoisotopic (exact) mass is 219 g/mol. The number of hydrogen-bond donors (Lipinski definition) is 1. The molecule has 1 heterocycles. The Hall–Kier alpha value is -1.07. The number of piperazine rings is 1. The summed E-state index contributed by atoms with van der Waals surface area (Å²) < 4.78 is 13.2. The molecule has 1 aliphatic heterocycles. The summed E-state index contributed by atoms with van der Waals surface area (Å²) in [6, 6.07) is 4.99. The molecule has 1 aromatic rings. The van der Waals surface area contributed by atoms with Gasteiger partial charge < -0.3 is 10.5 Å². The highest BCUT2D eigenvalue weighted by molar-refractivity contribution is 6.04. The molecule has 0 bridgehead atoms. The summed E-state index contributed by atoms with van der Waals surface area (Å²) in [4.78, 5) is 4.06. The molecule has 0 atom stereocenters. The smallest absolute Gasteiger partial charge is 0.182 e. The lowest BCUT2D eigenvalue weighted by atomic mass is 10.1. The van der Waals surface area contributed by atoms with E-state index in [2.05, 4.69) is 4.90 Å². The Morgan fingerprint density at radius 1 is 1.25 bits per heavy atom. The maximum atomic E-state index is 13.2. The molecule has 2 rings (SSSR count). The van der Waals surface area contributed by atoms with Gasteiger partial charge in [0.1, 0.15) is 5.82 Å². The first-order valence-corrected chi connectivity index (χ1v) is 5.41. The van der Waals surface area contributed by atoms with Crippen LogP contribution in [0.3, 0.4) is 0 Å². The van der Waals surface area contributed by atoms with Crippen molar-refractivity contribution in [2.75, 3.05) is 31.9 Å². The normalized spacial score (nSPS) is 18.8. The summed E-state index contributed by atoms with van der Waals surface area (Å²) in [6.45, 7) is 4.31. The number of anilines is 1. The summed E-state index contributed by atoms with van der Waals surface area (Å²) >= 11 is 0. The van der Waals surface area contributed by atoms with Gasteiger partial charge >= 0.3 is 0 Å². The zero-order valence-electron chi connectivity index (χ0n) is 9.19. The topological polar surface area (TPSA) is 32.5 Å². The van der Waals surface area contributed by atoms with Gasteiger partial charge in [0.25, 0.3) is 0 Å². The molecule has 0 aliphatic carbocycles. The van der Waals surface area contributed by atoms with E-state index < -0.39 is 0 Å². The minimum absolute atomic E-state index is 0.204. The summed E-state index contributed by atoms with van der Waals surface area (Å²) in [7, 11) is 5.66. The maximum absolute atomic E-state index is 13.2. The Balaban J connectivity index is 1.96. The Labute approximate surface area is 96.4 Å². The summed E-state index contributed by atoms with van der Waals surface area (Å²) in [6.07, 6.45) is 0. The van der Waals surface area contributed by atoms with E-state index in [1.54, 1.807) is 10.9 Å². The fraction of sp³-hybridized carbons (Fsp3) is 0.455. The number of halogens is 1. The summed E-state index contributed by atoms with van der Waals surface area (Å²) in [5, 5.41) is 0. The maximum Gasteiger partial charge on any atom is 0.182 e. The first-order chi connectivity index (χ1) is 7.65. The zero-order valence-corrected chi connectivity index (χ0v) is 9.19. The Morgan fingerprint density at radius 3 is 2.56 bits per heavy atom. The molecule has 1 fully saturated rings. The lowest BCUT2D eigenvalue weighted by Crippen LogP contribution is -2.44.